The van der Waals surface area contributed by atoms with Crippen molar-refractivity contribution in [3.8, 4) is 5.69 Å². The third-order valence-electron chi connectivity index (χ3n) is 4.95. The fraction of sp³-hybridized carbons (Fsp3) is 0.217. The summed E-state index contributed by atoms with van der Waals surface area (Å²) in [6, 6.07) is 17.1. The van der Waals surface area contributed by atoms with Crippen LogP contribution < -0.4 is 15.8 Å². The van der Waals surface area contributed by atoms with Gasteiger partial charge in [-0.3, -0.25) is 20.4 Å². The Balaban J connectivity index is 1.77. The van der Waals surface area contributed by atoms with Gasteiger partial charge in [0.15, 0.2) is 0 Å². The lowest BCUT2D eigenvalue weighted by atomic mass is 10.2. The van der Waals surface area contributed by atoms with Crippen LogP contribution in [-0.2, 0) is 0 Å². The highest BCUT2D eigenvalue weighted by Crippen LogP contribution is 2.23. The van der Waals surface area contributed by atoms with E-state index >= 15 is 0 Å². The van der Waals surface area contributed by atoms with Gasteiger partial charge in [0.25, 0.3) is 11.8 Å². The summed E-state index contributed by atoms with van der Waals surface area (Å²) in [5, 5.41) is 0. The normalized spacial score (nSPS) is 10.5. The number of carbonyl (C=O) groups is 2. The minimum atomic E-state index is -0.366. The molecule has 0 unspecified atom stereocenters. The van der Waals surface area contributed by atoms with E-state index in [-0.39, 0.29) is 11.8 Å². The van der Waals surface area contributed by atoms with Crippen LogP contribution in [0.4, 0.5) is 5.69 Å². The van der Waals surface area contributed by atoms with Gasteiger partial charge in [-0.1, -0.05) is 24.3 Å². The number of benzene rings is 2. The van der Waals surface area contributed by atoms with Crippen molar-refractivity contribution >= 4 is 17.5 Å². The molecular weight excluding hydrogens is 364 g/mol. The molecule has 0 aliphatic carbocycles. The smallest absolute Gasteiger partial charge is 0.271 e. The third kappa shape index (κ3) is 4.16. The summed E-state index contributed by atoms with van der Waals surface area (Å²) in [6.45, 7) is 5.90. The fourth-order valence-corrected chi connectivity index (χ4v) is 3.36. The Hall–Kier alpha value is -3.54. The van der Waals surface area contributed by atoms with Crippen LogP contribution >= 0.6 is 0 Å². The second-order valence-electron chi connectivity index (χ2n) is 7.26. The summed E-state index contributed by atoms with van der Waals surface area (Å²) in [7, 11) is 3.81. The van der Waals surface area contributed by atoms with E-state index in [1.807, 2.05) is 86.8 Å². The van der Waals surface area contributed by atoms with Crippen LogP contribution in [0.2, 0.25) is 0 Å². The van der Waals surface area contributed by atoms with Crippen molar-refractivity contribution in [1.29, 1.82) is 0 Å². The highest BCUT2D eigenvalue weighted by Gasteiger charge is 2.18. The van der Waals surface area contributed by atoms with E-state index in [0.717, 1.165) is 28.3 Å². The van der Waals surface area contributed by atoms with Crippen LogP contribution in [0.15, 0.2) is 54.6 Å². The van der Waals surface area contributed by atoms with E-state index in [1.165, 1.54) is 0 Å². The first-order valence-corrected chi connectivity index (χ1v) is 9.42. The van der Waals surface area contributed by atoms with Crippen LogP contribution in [0.25, 0.3) is 5.69 Å². The fourth-order valence-electron chi connectivity index (χ4n) is 3.36. The molecule has 6 nitrogen and oxygen atoms in total. The van der Waals surface area contributed by atoms with Crippen molar-refractivity contribution in [2.75, 3.05) is 19.0 Å². The summed E-state index contributed by atoms with van der Waals surface area (Å²) in [4.78, 5) is 27.1. The third-order valence-corrected chi connectivity index (χ3v) is 4.95. The monoisotopic (exact) mass is 390 g/mol. The maximum atomic E-state index is 12.7. The molecule has 29 heavy (non-hydrogen) atoms. The second-order valence-corrected chi connectivity index (χ2v) is 7.26. The average Bonchev–Trinajstić information content (AvgIpc) is 3.00. The average molecular weight is 390 g/mol. The van der Waals surface area contributed by atoms with E-state index in [9.17, 15) is 9.59 Å². The molecule has 0 bridgehead atoms. The zero-order valence-corrected chi connectivity index (χ0v) is 17.4. The molecule has 6 heteroatoms. The van der Waals surface area contributed by atoms with Gasteiger partial charge in [-0.05, 0) is 56.7 Å². The second kappa shape index (κ2) is 8.22. The van der Waals surface area contributed by atoms with Gasteiger partial charge in [-0.15, -0.1) is 0 Å². The van der Waals surface area contributed by atoms with Crippen molar-refractivity contribution in [2.45, 2.75) is 20.8 Å². The van der Waals surface area contributed by atoms with Gasteiger partial charge in [0.1, 0.15) is 0 Å². The van der Waals surface area contributed by atoms with Crippen molar-refractivity contribution < 1.29 is 9.59 Å². The highest BCUT2D eigenvalue weighted by atomic mass is 16.2. The highest BCUT2D eigenvalue weighted by molar-refractivity contribution is 6.00. The first-order valence-electron chi connectivity index (χ1n) is 9.42. The lowest BCUT2D eigenvalue weighted by Gasteiger charge is -2.14. The molecular formula is C23H26N4O2. The molecule has 150 valence electrons. The minimum absolute atomic E-state index is 0.352. The first kappa shape index (κ1) is 20.2. The van der Waals surface area contributed by atoms with E-state index < -0.39 is 0 Å². The summed E-state index contributed by atoms with van der Waals surface area (Å²) >= 11 is 0. The standard InChI is InChI=1S/C23H26N4O2/c1-15-9-6-7-12-21(15)27-16(2)13-20(17(27)3)23(29)25-24-22(28)18-10-8-11-19(14-18)26(4)5/h6-14H,1-5H3,(H,24,28)(H,25,29). The van der Waals surface area contributed by atoms with Crippen LogP contribution in [-0.4, -0.2) is 30.5 Å². The maximum absolute atomic E-state index is 12.7. The molecule has 3 aromatic rings. The number of hydrazine groups is 1. The van der Waals surface area contributed by atoms with Gasteiger partial charge in [-0.25, -0.2) is 0 Å². The Kier molecular flexibility index (Phi) is 5.73. The molecule has 0 radical (unpaired) electrons. The predicted molar refractivity (Wildman–Crippen MR) is 116 cm³/mol. The van der Waals surface area contributed by atoms with Crippen LogP contribution in [0.1, 0.15) is 37.7 Å². The van der Waals surface area contributed by atoms with Crippen LogP contribution in [0.5, 0.6) is 0 Å². The number of nitrogens with zero attached hydrogens (tertiary/aromatic N) is 2. The van der Waals surface area contributed by atoms with Gasteiger partial charge in [-0.2, -0.15) is 0 Å². The molecule has 0 saturated heterocycles. The Morgan fingerprint density at radius 3 is 2.24 bits per heavy atom. The number of aromatic nitrogens is 1. The van der Waals surface area contributed by atoms with Crippen molar-refractivity contribution in [3.63, 3.8) is 0 Å². The molecule has 2 amide bonds. The summed E-state index contributed by atoms with van der Waals surface area (Å²) in [6.07, 6.45) is 0. The predicted octanol–water partition coefficient (Wildman–Crippen LogP) is 3.54. The Morgan fingerprint density at radius 2 is 1.55 bits per heavy atom. The largest absolute Gasteiger partial charge is 0.378 e. The molecule has 3 rings (SSSR count). The van der Waals surface area contributed by atoms with Crippen molar-refractivity contribution in [3.05, 3.63) is 82.7 Å². The van der Waals surface area contributed by atoms with E-state index in [0.29, 0.717) is 11.1 Å². The molecule has 0 aliphatic heterocycles. The van der Waals surface area contributed by atoms with Gasteiger partial charge >= 0.3 is 0 Å². The Morgan fingerprint density at radius 1 is 0.862 bits per heavy atom. The quantitative estimate of drug-likeness (QED) is 0.670. The van der Waals surface area contributed by atoms with Gasteiger partial charge in [0.2, 0.25) is 0 Å². The number of rotatable bonds is 4. The number of para-hydroxylation sites is 1. The van der Waals surface area contributed by atoms with Crippen molar-refractivity contribution in [1.82, 2.24) is 15.4 Å². The van der Waals surface area contributed by atoms with Crippen LogP contribution in [0.3, 0.4) is 0 Å². The Bertz CT molecular complexity index is 1070. The summed E-state index contributed by atoms with van der Waals surface area (Å²) in [5.41, 5.74) is 10.9. The minimum Gasteiger partial charge on any atom is -0.378 e. The molecule has 0 aliphatic rings. The summed E-state index contributed by atoms with van der Waals surface area (Å²) < 4.78 is 2.05. The molecule has 0 atom stereocenters. The molecule has 2 aromatic carbocycles. The number of hydrogen-bond acceptors (Lipinski definition) is 3. The zero-order chi connectivity index (χ0) is 21.1. The Labute approximate surface area is 171 Å². The molecule has 2 N–H and O–H groups in total. The molecule has 1 heterocycles. The number of hydrogen-bond donors (Lipinski definition) is 2. The zero-order valence-electron chi connectivity index (χ0n) is 17.4. The topological polar surface area (TPSA) is 66.4 Å². The molecule has 0 fully saturated rings. The number of aryl methyl sites for hydroxylation is 2. The van der Waals surface area contributed by atoms with E-state index in [4.69, 9.17) is 0 Å². The SMILES string of the molecule is Cc1ccccc1-n1c(C)cc(C(=O)NNC(=O)c2cccc(N(C)C)c2)c1C. The molecule has 0 saturated carbocycles. The van der Waals surface area contributed by atoms with Gasteiger partial charge in [0.05, 0.1) is 5.56 Å². The number of nitrogens with one attached hydrogen (secondary N) is 2. The molecule has 1 aromatic heterocycles. The first-order chi connectivity index (χ1) is 13.8. The van der Waals surface area contributed by atoms with Crippen molar-refractivity contribution in [2.24, 2.45) is 0 Å². The lowest BCUT2D eigenvalue weighted by molar-refractivity contribution is 0.0846. The number of amides is 2. The number of anilines is 1. The summed E-state index contributed by atoms with van der Waals surface area (Å²) in [5.74, 6) is -0.718. The lowest BCUT2D eigenvalue weighted by Crippen LogP contribution is -2.41. The van der Waals surface area contributed by atoms with E-state index in [2.05, 4.69) is 10.9 Å². The van der Waals surface area contributed by atoms with E-state index in [1.54, 1.807) is 12.1 Å². The van der Waals surface area contributed by atoms with Crippen LogP contribution in [0, 0.1) is 20.8 Å². The van der Waals surface area contributed by atoms with Gasteiger partial charge in [0, 0.05) is 42.4 Å². The maximum Gasteiger partial charge on any atom is 0.271 e. The number of carbonyl (C=O) groups excluding carboxylic acids is 2. The molecule has 0 spiro atoms. The van der Waals surface area contributed by atoms with Gasteiger partial charge < -0.3 is 9.47 Å².